The van der Waals surface area contributed by atoms with Gasteiger partial charge < -0.3 is 32.2 Å². The van der Waals surface area contributed by atoms with E-state index in [1.54, 1.807) is 26.4 Å². The van der Waals surface area contributed by atoms with E-state index in [-0.39, 0.29) is 56.4 Å². The third-order valence-corrected chi connectivity index (χ3v) is 32.2. The van der Waals surface area contributed by atoms with E-state index in [1.807, 2.05) is 43.3 Å². The fourth-order valence-corrected chi connectivity index (χ4v) is 18.2. The standard InChI is InChI=1S/C62H98O10SSi3/c1-47-28-36-56(37-29-47)73(63,64)70-59(48(2)30-33-51(71-75(16,17)61(6,7)8)39-41-68-74(14,15)60(3,4)5)45-53(66-13)43-54-44-55(42-52(69-54)38-40-67-46-49-31-34-50(65-12)35-32-49)72-76(62(9,10)11,57-24-20-18-21-25-57)58-26-22-19-23-27-58/h18-29,31-32,34-37,48,51-55,59H,30,33,38-46H2,1-17H3/t48-,51-,52-,53-,54+,55-,59-/m0/s1. The molecule has 1 fully saturated rings. The molecule has 1 heterocycles. The van der Waals surface area contributed by atoms with Crippen molar-refractivity contribution in [2.75, 3.05) is 27.4 Å². The van der Waals surface area contributed by atoms with Crippen LogP contribution in [0, 0.1) is 12.8 Å². The van der Waals surface area contributed by atoms with Crippen LogP contribution in [0.2, 0.25) is 41.3 Å². The first kappa shape index (κ1) is 63.8. The predicted molar refractivity (Wildman–Crippen MR) is 319 cm³/mol. The lowest BCUT2D eigenvalue weighted by atomic mass is 9.90. The average Bonchev–Trinajstić information content (AvgIpc) is 3.35. The highest BCUT2D eigenvalue weighted by Gasteiger charge is 2.52. The van der Waals surface area contributed by atoms with Gasteiger partial charge in [-0.3, -0.25) is 4.18 Å². The Morgan fingerprint density at radius 3 is 1.75 bits per heavy atom. The fraction of sp³-hybridized carbons (Fsp3) is 0.613. The zero-order valence-electron chi connectivity index (χ0n) is 49.7. The quantitative estimate of drug-likeness (QED) is 0.0310. The van der Waals surface area contributed by atoms with Gasteiger partial charge in [0, 0.05) is 32.8 Å². The second kappa shape index (κ2) is 27.4. The van der Waals surface area contributed by atoms with Gasteiger partial charge in [0.2, 0.25) is 0 Å². The van der Waals surface area contributed by atoms with Gasteiger partial charge >= 0.3 is 0 Å². The summed E-state index contributed by atoms with van der Waals surface area (Å²) in [7, 11) is -7.86. The summed E-state index contributed by atoms with van der Waals surface area (Å²) in [5, 5.41) is 2.36. The molecule has 0 radical (unpaired) electrons. The maximum Gasteiger partial charge on any atom is 0.297 e. The molecule has 4 aromatic carbocycles. The molecule has 1 aliphatic rings. The Bertz CT molecular complexity index is 2390. The van der Waals surface area contributed by atoms with E-state index < -0.39 is 41.2 Å². The Morgan fingerprint density at radius 1 is 0.658 bits per heavy atom. The van der Waals surface area contributed by atoms with Gasteiger partial charge in [-0.25, -0.2) is 0 Å². The lowest BCUT2D eigenvalue weighted by Crippen LogP contribution is -2.68. The zero-order valence-corrected chi connectivity index (χ0v) is 53.5. The molecule has 0 aromatic heterocycles. The van der Waals surface area contributed by atoms with Crippen molar-refractivity contribution in [3.05, 3.63) is 120 Å². The maximum absolute atomic E-state index is 14.3. The van der Waals surface area contributed by atoms with E-state index >= 15 is 0 Å². The third kappa shape index (κ3) is 17.8. The molecule has 7 atom stereocenters. The topological polar surface area (TPSA) is 108 Å². The summed E-state index contributed by atoms with van der Waals surface area (Å²) >= 11 is 0. The van der Waals surface area contributed by atoms with Gasteiger partial charge in [-0.15, -0.1) is 0 Å². The average molecular weight is 1120 g/mol. The van der Waals surface area contributed by atoms with Crippen LogP contribution in [0.15, 0.2) is 114 Å². The summed E-state index contributed by atoms with van der Waals surface area (Å²) in [5.41, 5.74) is 2.05. The van der Waals surface area contributed by atoms with Crippen molar-refractivity contribution < 1.29 is 44.8 Å². The predicted octanol–water partition coefficient (Wildman–Crippen LogP) is 14.2. The summed E-state index contributed by atoms with van der Waals surface area (Å²) in [6.07, 6.45) is 3.45. The molecule has 4 aromatic rings. The molecule has 5 rings (SSSR count). The van der Waals surface area contributed by atoms with Crippen LogP contribution in [0.25, 0.3) is 0 Å². The third-order valence-electron chi connectivity index (χ3n) is 16.7. The van der Waals surface area contributed by atoms with Gasteiger partial charge in [-0.05, 0) is 139 Å². The molecule has 1 aliphatic heterocycles. The number of rotatable bonds is 28. The van der Waals surface area contributed by atoms with Gasteiger partial charge in [-0.1, -0.05) is 160 Å². The summed E-state index contributed by atoms with van der Waals surface area (Å²) < 4.78 is 81.9. The minimum atomic E-state index is -4.14. The van der Waals surface area contributed by atoms with Crippen molar-refractivity contribution in [1.82, 2.24) is 0 Å². The fourth-order valence-electron chi connectivity index (χ4n) is 9.85. The largest absolute Gasteiger partial charge is 0.497 e. The molecule has 1 saturated heterocycles. The molecule has 0 bridgehead atoms. The summed E-state index contributed by atoms with van der Waals surface area (Å²) in [5.74, 6) is 0.643. The van der Waals surface area contributed by atoms with E-state index in [2.05, 4.69) is 156 Å². The van der Waals surface area contributed by atoms with Crippen molar-refractivity contribution in [3.8, 4) is 5.75 Å². The molecule has 0 saturated carbocycles. The Hall–Kier alpha value is -3.00. The molecule has 0 unspecified atom stereocenters. The minimum absolute atomic E-state index is 0.0185. The van der Waals surface area contributed by atoms with E-state index in [1.165, 1.54) is 10.4 Å². The molecular formula is C62H98O10SSi3. The van der Waals surface area contributed by atoms with Crippen LogP contribution >= 0.6 is 0 Å². The lowest BCUT2D eigenvalue weighted by molar-refractivity contribution is -0.118. The van der Waals surface area contributed by atoms with E-state index in [0.717, 1.165) is 29.7 Å². The molecular weight excluding hydrogens is 1020 g/mol. The van der Waals surface area contributed by atoms with Crippen LogP contribution in [-0.2, 0) is 48.4 Å². The first-order valence-corrected chi connectivity index (χ1v) is 37.1. The number of methoxy groups -OCH3 is 2. The highest BCUT2D eigenvalue weighted by Crippen LogP contribution is 2.42. The van der Waals surface area contributed by atoms with Gasteiger partial charge in [0.1, 0.15) is 5.75 Å². The van der Waals surface area contributed by atoms with E-state index in [4.69, 9.17) is 36.4 Å². The zero-order chi connectivity index (χ0) is 56.2. The number of benzene rings is 4. The number of aryl methyl sites for hydroxylation is 1. The summed E-state index contributed by atoms with van der Waals surface area (Å²) in [6, 6.07) is 36.5. The second-order valence-corrected chi connectivity index (χ2v) is 41.0. The Kier molecular flexibility index (Phi) is 23.0. The molecule has 0 spiro atoms. The lowest BCUT2D eigenvalue weighted by Gasteiger charge is -2.47. The van der Waals surface area contributed by atoms with Crippen molar-refractivity contribution >= 4 is 45.4 Å². The minimum Gasteiger partial charge on any atom is -0.497 e. The normalized spacial score (nSPS) is 19.0. The van der Waals surface area contributed by atoms with Crippen molar-refractivity contribution in [2.24, 2.45) is 5.92 Å². The summed E-state index contributed by atoms with van der Waals surface area (Å²) in [4.78, 5) is 0.141. The van der Waals surface area contributed by atoms with Crippen LogP contribution in [0.4, 0.5) is 0 Å². The Morgan fingerprint density at radius 2 is 1.22 bits per heavy atom. The van der Waals surface area contributed by atoms with Crippen LogP contribution in [0.3, 0.4) is 0 Å². The van der Waals surface area contributed by atoms with Gasteiger partial charge in [-0.2, -0.15) is 8.42 Å². The Labute approximate surface area is 464 Å². The van der Waals surface area contributed by atoms with Crippen molar-refractivity contribution in [3.63, 3.8) is 0 Å². The van der Waals surface area contributed by atoms with Gasteiger partial charge in [0.25, 0.3) is 18.4 Å². The van der Waals surface area contributed by atoms with E-state index in [0.29, 0.717) is 58.3 Å². The maximum atomic E-state index is 14.3. The van der Waals surface area contributed by atoms with Crippen LogP contribution < -0.4 is 15.1 Å². The van der Waals surface area contributed by atoms with Crippen LogP contribution in [0.5, 0.6) is 5.75 Å². The molecule has 14 heteroatoms. The van der Waals surface area contributed by atoms with Crippen LogP contribution in [-0.4, -0.2) is 97.4 Å². The van der Waals surface area contributed by atoms with Crippen molar-refractivity contribution in [1.29, 1.82) is 0 Å². The molecule has 76 heavy (non-hydrogen) atoms. The van der Waals surface area contributed by atoms with Gasteiger partial charge in [0.15, 0.2) is 16.6 Å². The smallest absolute Gasteiger partial charge is 0.297 e. The Balaban J connectivity index is 1.44. The summed E-state index contributed by atoms with van der Waals surface area (Å²) in [6.45, 7) is 35.5. The van der Waals surface area contributed by atoms with Crippen LogP contribution in [0.1, 0.15) is 132 Å². The number of ether oxygens (including phenoxy) is 4. The number of hydrogen-bond acceptors (Lipinski definition) is 10. The highest BCUT2D eigenvalue weighted by atomic mass is 32.2. The van der Waals surface area contributed by atoms with Gasteiger partial charge in [0.05, 0.1) is 49.1 Å². The second-order valence-electron chi connectivity index (χ2n) is 25.6. The first-order valence-electron chi connectivity index (χ1n) is 28.0. The molecule has 0 N–H and O–H groups in total. The number of hydrogen-bond donors (Lipinski definition) is 0. The molecule has 424 valence electrons. The molecule has 10 nitrogen and oxygen atoms in total. The first-order chi connectivity index (χ1) is 35.5. The van der Waals surface area contributed by atoms with Crippen molar-refractivity contribution in [2.45, 2.75) is 217 Å². The van der Waals surface area contributed by atoms with E-state index in [9.17, 15) is 8.42 Å². The molecule has 0 amide bonds. The molecule has 0 aliphatic carbocycles. The monoisotopic (exact) mass is 1120 g/mol. The SMILES string of the molecule is COc1ccc(COCC[C@H]2C[C@H](O[Si](c3ccccc3)(c3ccccc3)C(C)(C)C)C[C@@H](C[C@@H](C[C@H](OS(=O)(=O)c3ccc(C)cc3)[C@@H](C)CC[C@@H](CCO[Si](C)(C)C(C)(C)C)O[Si](C)(C)C(C)(C)C)OC)O2)cc1. The highest BCUT2D eigenvalue weighted by molar-refractivity contribution is 7.86.